The molecule has 8 nitrogen and oxygen atoms in total. The summed E-state index contributed by atoms with van der Waals surface area (Å²) in [6, 6.07) is 2.10. The van der Waals surface area contributed by atoms with Crippen LogP contribution in [0.4, 0.5) is 8.78 Å². The summed E-state index contributed by atoms with van der Waals surface area (Å²) in [5.41, 5.74) is 0. The van der Waals surface area contributed by atoms with Crippen LogP contribution in [0.15, 0.2) is 35.7 Å². The van der Waals surface area contributed by atoms with E-state index in [4.69, 9.17) is 4.74 Å². The molecule has 148 valence electrons. The number of carbonyl (C=O) groups is 2. The Hall–Kier alpha value is -2.37. The summed E-state index contributed by atoms with van der Waals surface area (Å²) in [4.78, 5) is 22.4. The van der Waals surface area contributed by atoms with Crippen LogP contribution in [0.3, 0.4) is 0 Å². The monoisotopic (exact) mass is 403 g/mol. The highest BCUT2D eigenvalue weighted by Gasteiger charge is 2.36. The molecule has 0 spiro atoms. The second-order valence-corrected chi connectivity index (χ2v) is 7.44. The molecule has 2 N–H and O–H groups in total. The van der Waals surface area contributed by atoms with Gasteiger partial charge in [-0.25, -0.2) is 17.2 Å². The third-order valence-corrected chi connectivity index (χ3v) is 5.59. The third-order valence-electron chi connectivity index (χ3n) is 3.68. The maximum Gasteiger partial charge on any atom is 0.309 e. The van der Waals surface area contributed by atoms with Crippen LogP contribution in [0, 0.1) is 11.6 Å². The maximum atomic E-state index is 13.9. The molecule has 1 fully saturated rings. The van der Waals surface area contributed by atoms with E-state index in [1.54, 1.807) is 0 Å². The Morgan fingerprint density at radius 3 is 2.70 bits per heavy atom. The number of amides is 2. The molecule has 2 rings (SSSR count). The van der Waals surface area contributed by atoms with Gasteiger partial charge in [0.1, 0.15) is 22.8 Å². The zero-order chi connectivity index (χ0) is 20.0. The minimum absolute atomic E-state index is 0.0124. The predicted octanol–water partition coefficient (Wildman–Crippen LogP) is 0.120. The van der Waals surface area contributed by atoms with Gasteiger partial charge in [0.2, 0.25) is 10.0 Å². The number of benzene rings is 1. The maximum absolute atomic E-state index is 13.9. The van der Waals surface area contributed by atoms with Crippen molar-refractivity contribution in [3.8, 4) is 0 Å². The van der Waals surface area contributed by atoms with Gasteiger partial charge < -0.3 is 15.4 Å². The van der Waals surface area contributed by atoms with Gasteiger partial charge in [-0.05, 0) is 24.6 Å². The summed E-state index contributed by atoms with van der Waals surface area (Å²) in [6.07, 6.45) is 0.556. The second-order valence-electron chi connectivity index (χ2n) is 5.58. The molecule has 1 aliphatic rings. The third kappa shape index (κ3) is 5.08. The van der Waals surface area contributed by atoms with Crippen molar-refractivity contribution in [2.45, 2.75) is 17.5 Å². The molecule has 1 saturated heterocycles. The zero-order valence-electron chi connectivity index (χ0n) is 14.3. The van der Waals surface area contributed by atoms with Gasteiger partial charge in [0.15, 0.2) is 0 Å². The fourth-order valence-electron chi connectivity index (χ4n) is 2.41. The van der Waals surface area contributed by atoms with Crippen LogP contribution in [0.5, 0.6) is 0 Å². The molecular formula is C16H19F2N3O5S. The Balaban J connectivity index is 2.14. The first-order valence-electron chi connectivity index (χ1n) is 8.02. The number of hydrogen-bond donors (Lipinski definition) is 2. The Morgan fingerprint density at radius 2 is 2.00 bits per heavy atom. The number of halogens is 2. The van der Waals surface area contributed by atoms with Crippen molar-refractivity contribution in [2.24, 2.45) is 0 Å². The highest BCUT2D eigenvalue weighted by Crippen LogP contribution is 2.24. The Labute approximate surface area is 155 Å². The summed E-state index contributed by atoms with van der Waals surface area (Å²) >= 11 is 0. The second kappa shape index (κ2) is 9.02. The van der Waals surface area contributed by atoms with Gasteiger partial charge >= 0.3 is 11.8 Å². The van der Waals surface area contributed by atoms with E-state index in [0.717, 1.165) is 10.4 Å². The number of sulfonamides is 1. The van der Waals surface area contributed by atoms with E-state index in [2.05, 4.69) is 17.2 Å². The topological polar surface area (TPSA) is 105 Å². The highest BCUT2D eigenvalue weighted by atomic mass is 32.2. The molecule has 0 aromatic heterocycles. The molecule has 1 unspecified atom stereocenters. The van der Waals surface area contributed by atoms with Crippen LogP contribution in [0.2, 0.25) is 0 Å². The quantitative estimate of drug-likeness (QED) is 0.519. The summed E-state index contributed by atoms with van der Waals surface area (Å²) in [6.45, 7) is 3.34. The van der Waals surface area contributed by atoms with Crippen molar-refractivity contribution in [1.29, 1.82) is 0 Å². The van der Waals surface area contributed by atoms with Crippen LogP contribution >= 0.6 is 0 Å². The van der Waals surface area contributed by atoms with Crippen molar-refractivity contribution in [2.75, 3.05) is 26.2 Å². The molecule has 27 heavy (non-hydrogen) atoms. The summed E-state index contributed by atoms with van der Waals surface area (Å²) in [5.74, 6) is -3.91. The van der Waals surface area contributed by atoms with Crippen LogP contribution in [-0.4, -0.2) is 57.0 Å². The van der Waals surface area contributed by atoms with Gasteiger partial charge in [0.05, 0.1) is 13.2 Å². The minimum atomic E-state index is -4.42. The molecule has 1 atom stereocenters. The van der Waals surface area contributed by atoms with Crippen molar-refractivity contribution in [3.63, 3.8) is 0 Å². The smallest absolute Gasteiger partial charge is 0.309 e. The van der Waals surface area contributed by atoms with E-state index < -0.39 is 44.6 Å². The van der Waals surface area contributed by atoms with E-state index in [-0.39, 0.29) is 26.2 Å². The molecule has 0 radical (unpaired) electrons. The van der Waals surface area contributed by atoms with Gasteiger partial charge in [0.25, 0.3) is 0 Å². The molecule has 0 bridgehead atoms. The molecule has 11 heteroatoms. The van der Waals surface area contributed by atoms with Crippen molar-refractivity contribution >= 4 is 21.8 Å². The summed E-state index contributed by atoms with van der Waals surface area (Å²) in [5, 5.41) is 4.52. The average Bonchev–Trinajstić information content (AvgIpc) is 2.66. The van der Waals surface area contributed by atoms with Crippen LogP contribution < -0.4 is 10.6 Å². The molecule has 0 saturated carbocycles. The molecule has 1 heterocycles. The normalized spacial score (nSPS) is 17.9. The van der Waals surface area contributed by atoms with E-state index >= 15 is 0 Å². The number of nitrogens with one attached hydrogen (secondary N) is 2. The van der Waals surface area contributed by atoms with Gasteiger partial charge in [-0.2, -0.15) is 4.31 Å². The fourth-order valence-corrected chi connectivity index (χ4v) is 4.05. The lowest BCUT2D eigenvalue weighted by Gasteiger charge is -2.34. The molecule has 1 aromatic rings. The number of ether oxygens (including phenoxy) is 1. The van der Waals surface area contributed by atoms with Crippen molar-refractivity contribution in [3.05, 3.63) is 42.5 Å². The van der Waals surface area contributed by atoms with E-state index in [0.29, 0.717) is 18.6 Å². The minimum Gasteiger partial charge on any atom is -0.360 e. The van der Waals surface area contributed by atoms with Crippen LogP contribution in [0.25, 0.3) is 0 Å². The SMILES string of the molecule is C=CCNC(=O)C(=O)NCC1OCCCN1S(=O)(=O)c1cc(F)ccc1F. The Bertz CT molecular complexity index is 831. The van der Waals surface area contributed by atoms with E-state index in [1.165, 1.54) is 6.08 Å². The molecule has 1 aliphatic heterocycles. The van der Waals surface area contributed by atoms with Gasteiger partial charge in [-0.3, -0.25) is 9.59 Å². The van der Waals surface area contributed by atoms with Gasteiger partial charge in [-0.1, -0.05) is 6.08 Å². The first-order valence-corrected chi connectivity index (χ1v) is 9.46. The number of carbonyl (C=O) groups excluding carboxylic acids is 2. The van der Waals surface area contributed by atoms with Crippen LogP contribution in [0.1, 0.15) is 6.42 Å². The van der Waals surface area contributed by atoms with Crippen LogP contribution in [-0.2, 0) is 24.3 Å². The Morgan fingerprint density at radius 1 is 1.30 bits per heavy atom. The Kier molecular flexibility index (Phi) is 6.99. The zero-order valence-corrected chi connectivity index (χ0v) is 15.1. The first-order chi connectivity index (χ1) is 12.8. The largest absolute Gasteiger partial charge is 0.360 e. The molecule has 1 aromatic carbocycles. The van der Waals surface area contributed by atoms with Gasteiger partial charge in [0, 0.05) is 13.1 Å². The summed E-state index contributed by atoms with van der Waals surface area (Å²) < 4.78 is 59.0. The number of rotatable bonds is 6. The number of nitrogens with zero attached hydrogens (tertiary/aromatic N) is 1. The molecular weight excluding hydrogens is 384 g/mol. The molecule has 2 amide bonds. The van der Waals surface area contributed by atoms with Crippen molar-refractivity contribution in [1.82, 2.24) is 14.9 Å². The summed E-state index contributed by atoms with van der Waals surface area (Å²) in [7, 11) is -4.42. The fraction of sp³-hybridized carbons (Fsp3) is 0.375. The lowest BCUT2D eigenvalue weighted by atomic mass is 10.3. The molecule has 0 aliphatic carbocycles. The van der Waals surface area contributed by atoms with Gasteiger partial charge in [-0.15, -0.1) is 6.58 Å². The lowest BCUT2D eigenvalue weighted by molar-refractivity contribution is -0.140. The standard InChI is InChI=1S/C16H19F2N3O5S/c1-2-6-19-15(22)16(23)20-10-14-21(7-3-8-26-14)27(24,25)13-9-11(17)4-5-12(13)18/h2,4-5,9,14H,1,3,6-8,10H2,(H,19,22)(H,20,23). The van der Waals surface area contributed by atoms with Crippen molar-refractivity contribution < 1.29 is 31.5 Å². The van der Waals surface area contributed by atoms with E-state index in [1.807, 2.05) is 0 Å². The highest BCUT2D eigenvalue weighted by molar-refractivity contribution is 7.89. The lowest BCUT2D eigenvalue weighted by Crippen LogP contribution is -2.53. The predicted molar refractivity (Wildman–Crippen MR) is 90.8 cm³/mol. The first kappa shape index (κ1) is 20.9. The average molecular weight is 403 g/mol. The number of hydrogen-bond acceptors (Lipinski definition) is 5. The van der Waals surface area contributed by atoms with E-state index in [9.17, 15) is 26.8 Å².